The van der Waals surface area contributed by atoms with Gasteiger partial charge in [0.1, 0.15) is 0 Å². The number of aliphatic hydroxyl groups excluding tert-OH is 1. The second-order valence-electron chi connectivity index (χ2n) is 5.96. The Morgan fingerprint density at radius 1 is 1.50 bits per heavy atom. The summed E-state index contributed by atoms with van der Waals surface area (Å²) in [5, 5.41) is 13.2. The standard InChI is InChI=1S/C14H30N2O2/c1-12(2)15-14(11-17)7-6-13(10-14)16(3)8-5-9-18-4/h12-13,15,17H,5-11H2,1-4H3. The predicted octanol–water partition coefficient (Wildman–Crippen LogP) is 1.24. The van der Waals surface area contributed by atoms with Crippen molar-refractivity contribution in [3.63, 3.8) is 0 Å². The lowest BCUT2D eigenvalue weighted by molar-refractivity contribution is 0.136. The van der Waals surface area contributed by atoms with Crippen LogP contribution in [0.3, 0.4) is 0 Å². The highest BCUT2D eigenvalue weighted by atomic mass is 16.5. The largest absolute Gasteiger partial charge is 0.394 e. The highest BCUT2D eigenvalue weighted by Crippen LogP contribution is 2.32. The highest BCUT2D eigenvalue weighted by molar-refractivity contribution is 4.99. The van der Waals surface area contributed by atoms with Gasteiger partial charge in [0, 0.05) is 37.9 Å². The maximum atomic E-state index is 9.68. The molecule has 4 nitrogen and oxygen atoms in total. The van der Waals surface area contributed by atoms with Crippen LogP contribution in [0.25, 0.3) is 0 Å². The Kier molecular flexibility index (Phi) is 6.57. The first-order valence-electron chi connectivity index (χ1n) is 7.11. The summed E-state index contributed by atoms with van der Waals surface area (Å²) in [6, 6.07) is 1.01. The minimum absolute atomic E-state index is 0.0612. The number of nitrogens with one attached hydrogen (secondary N) is 1. The Labute approximate surface area is 112 Å². The van der Waals surface area contributed by atoms with Gasteiger partial charge in [0.2, 0.25) is 0 Å². The molecule has 0 amide bonds. The smallest absolute Gasteiger partial charge is 0.0614 e. The molecule has 2 unspecified atom stereocenters. The summed E-state index contributed by atoms with van der Waals surface area (Å²) >= 11 is 0. The Bertz CT molecular complexity index is 236. The molecule has 0 heterocycles. The summed E-state index contributed by atoms with van der Waals surface area (Å²) in [5.74, 6) is 0. The average molecular weight is 258 g/mol. The molecule has 2 atom stereocenters. The maximum absolute atomic E-state index is 9.68. The molecule has 108 valence electrons. The molecule has 1 aliphatic carbocycles. The van der Waals surface area contributed by atoms with Crippen molar-refractivity contribution in [2.75, 3.05) is 33.9 Å². The van der Waals surface area contributed by atoms with Crippen molar-refractivity contribution in [3.05, 3.63) is 0 Å². The lowest BCUT2D eigenvalue weighted by Crippen LogP contribution is -2.50. The van der Waals surface area contributed by atoms with Crippen molar-refractivity contribution in [2.24, 2.45) is 0 Å². The van der Waals surface area contributed by atoms with E-state index in [0.717, 1.165) is 32.4 Å². The third kappa shape index (κ3) is 4.50. The molecule has 18 heavy (non-hydrogen) atoms. The van der Waals surface area contributed by atoms with Crippen LogP contribution in [0.5, 0.6) is 0 Å². The van der Waals surface area contributed by atoms with Crippen molar-refractivity contribution >= 4 is 0 Å². The number of rotatable bonds is 8. The van der Waals surface area contributed by atoms with Crippen LogP contribution in [-0.2, 0) is 4.74 Å². The molecule has 0 saturated heterocycles. The Morgan fingerprint density at radius 2 is 2.22 bits per heavy atom. The van der Waals surface area contributed by atoms with Gasteiger partial charge in [-0.2, -0.15) is 0 Å². The first kappa shape index (κ1) is 15.9. The van der Waals surface area contributed by atoms with E-state index < -0.39 is 0 Å². The van der Waals surface area contributed by atoms with E-state index in [1.807, 2.05) is 0 Å². The molecule has 0 bridgehead atoms. The molecule has 0 aromatic heterocycles. The van der Waals surface area contributed by atoms with Crippen molar-refractivity contribution in [1.29, 1.82) is 0 Å². The van der Waals surface area contributed by atoms with Crippen LogP contribution in [0, 0.1) is 0 Å². The molecule has 0 aromatic rings. The van der Waals surface area contributed by atoms with Crippen LogP contribution in [-0.4, -0.2) is 61.5 Å². The summed E-state index contributed by atoms with van der Waals surface area (Å²) < 4.78 is 5.09. The molecular weight excluding hydrogens is 228 g/mol. The third-order valence-corrected chi connectivity index (χ3v) is 3.96. The van der Waals surface area contributed by atoms with Gasteiger partial charge in [-0.25, -0.2) is 0 Å². The number of aliphatic hydroxyl groups is 1. The quantitative estimate of drug-likeness (QED) is 0.643. The zero-order valence-corrected chi connectivity index (χ0v) is 12.4. The zero-order valence-electron chi connectivity index (χ0n) is 12.4. The number of methoxy groups -OCH3 is 1. The monoisotopic (exact) mass is 258 g/mol. The molecule has 0 spiro atoms. The van der Waals surface area contributed by atoms with Crippen molar-refractivity contribution in [2.45, 2.75) is 57.2 Å². The van der Waals surface area contributed by atoms with Gasteiger partial charge in [0.15, 0.2) is 0 Å². The van der Waals surface area contributed by atoms with E-state index in [-0.39, 0.29) is 12.1 Å². The lowest BCUT2D eigenvalue weighted by atomic mass is 9.97. The van der Waals surface area contributed by atoms with E-state index in [2.05, 4.69) is 31.1 Å². The zero-order chi connectivity index (χ0) is 13.6. The Morgan fingerprint density at radius 3 is 2.78 bits per heavy atom. The van der Waals surface area contributed by atoms with Gasteiger partial charge in [-0.15, -0.1) is 0 Å². The molecule has 0 radical (unpaired) electrons. The van der Waals surface area contributed by atoms with Crippen LogP contribution in [0.15, 0.2) is 0 Å². The van der Waals surface area contributed by atoms with Gasteiger partial charge >= 0.3 is 0 Å². The van der Waals surface area contributed by atoms with Crippen LogP contribution < -0.4 is 5.32 Å². The fourth-order valence-electron chi connectivity index (χ4n) is 3.05. The van der Waals surface area contributed by atoms with Crippen LogP contribution in [0.2, 0.25) is 0 Å². The molecule has 0 aliphatic heterocycles. The van der Waals surface area contributed by atoms with Gasteiger partial charge in [-0.05, 0) is 32.7 Å². The summed E-state index contributed by atoms with van der Waals surface area (Å²) in [7, 11) is 3.93. The molecule has 4 heteroatoms. The fourth-order valence-corrected chi connectivity index (χ4v) is 3.05. The summed E-state index contributed by atoms with van der Waals surface area (Å²) in [5.41, 5.74) is -0.0612. The topological polar surface area (TPSA) is 44.7 Å². The summed E-state index contributed by atoms with van der Waals surface area (Å²) in [6.45, 7) is 6.43. The van der Waals surface area contributed by atoms with Crippen LogP contribution in [0.1, 0.15) is 39.5 Å². The molecule has 2 N–H and O–H groups in total. The number of hydrogen-bond donors (Lipinski definition) is 2. The molecule has 1 rings (SSSR count). The van der Waals surface area contributed by atoms with Crippen LogP contribution >= 0.6 is 0 Å². The molecule has 1 fully saturated rings. The van der Waals surface area contributed by atoms with Gasteiger partial charge in [0.05, 0.1) is 6.61 Å². The molecule has 1 aliphatic rings. The average Bonchev–Trinajstić information content (AvgIpc) is 2.73. The Hall–Kier alpha value is -0.160. The second-order valence-corrected chi connectivity index (χ2v) is 5.96. The predicted molar refractivity (Wildman–Crippen MR) is 74.9 cm³/mol. The molecular formula is C14H30N2O2. The van der Waals surface area contributed by atoms with E-state index in [9.17, 15) is 5.11 Å². The highest BCUT2D eigenvalue weighted by Gasteiger charge is 2.40. The van der Waals surface area contributed by atoms with Gasteiger partial charge < -0.3 is 20.1 Å². The first-order valence-corrected chi connectivity index (χ1v) is 7.11. The van der Waals surface area contributed by atoms with E-state index in [0.29, 0.717) is 12.1 Å². The Balaban J connectivity index is 2.42. The van der Waals surface area contributed by atoms with Gasteiger partial charge in [-0.3, -0.25) is 0 Å². The number of hydrogen-bond acceptors (Lipinski definition) is 4. The van der Waals surface area contributed by atoms with Crippen LogP contribution in [0.4, 0.5) is 0 Å². The number of ether oxygens (including phenoxy) is 1. The number of nitrogens with zero attached hydrogens (tertiary/aromatic N) is 1. The van der Waals surface area contributed by atoms with E-state index in [4.69, 9.17) is 4.74 Å². The van der Waals surface area contributed by atoms with Crippen molar-refractivity contribution in [1.82, 2.24) is 10.2 Å². The minimum Gasteiger partial charge on any atom is -0.394 e. The molecule has 0 aromatic carbocycles. The summed E-state index contributed by atoms with van der Waals surface area (Å²) in [6.07, 6.45) is 4.36. The normalized spacial score (nSPS) is 28.5. The first-order chi connectivity index (χ1) is 8.53. The maximum Gasteiger partial charge on any atom is 0.0614 e. The van der Waals surface area contributed by atoms with Crippen molar-refractivity contribution < 1.29 is 9.84 Å². The molecule has 1 saturated carbocycles. The lowest BCUT2D eigenvalue weighted by Gasteiger charge is -2.32. The third-order valence-electron chi connectivity index (χ3n) is 3.96. The minimum atomic E-state index is -0.0612. The van der Waals surface area contributed by atoms with Gasteiger partial charge in [-0.1, -0.05) is 13.8 Å². The fraction of sp³-hybridized carbons (Fsp3) is 1.00. The SMILES string of the molecule is COCCCN(C)C1CCC(CO)(NC(C)C)C1. The van der Waals surface area contributed by atoms with E-state index >= 15 is 0 Å². The van der Waals surface area contributed by atoms with Crippen molar-refractivity contribution in [3.8, 4) is 0 Å². The van der Waals surface area contributed by atoms with E-state index in [1.54, 1.807) is 7.11 Å². The summed E-state index contributed by atoms with van der Waals surface area (Å²) in [4.78, 5) is 2.42. The second kappa shape index (κ2) is 7.43. The van der Waals surface area contributed by atoms with Gasteiger partial charge in [0.25, 0.3) is 0 Å². The van der Waals surface area contributed by atoms with E-state index in [1.165, 1.54) is 6.42 Å².